The number of halogens is 3. The summed E-state index contributed by atoms with van der Waals surface area (Å²) in [4.78, 5) is 4.99. The Morgan fingerprint density at radius 3 is 2.40 bits per heavy atom. The second-order valence-corrected chi connectivity index (χ2v) is 3.84. The van der Waals surface area contributed by atoms with Crippen LogP contribution in [0, 0.1) is 0 Å². The average molecular weight is 252 g/mol. The first-order chi connectivity index (χ1) is 6.77. The maximum atomic E-state index is 11.5. The summed E-state index contributed by atoms with van der Waals surface area (Å²) in [5, 5.41) is 0. The Morgan fingerprint density at radius 2 is 1.93 bits per heavy atom. The Kier molecular flexibility index (Phi) is 6.05. The van der Waals surface area contributed by atoms with Crippen LogP contribution in [0.3, 0.4) is 0 Å². The number of hydrogen-bond donors (Lipinski definition) is 2. The van der Waals surface area contributed by atoms with Gasteiger partial charge in [0.2, 0.25) is 0 Å². The highest BCUT2D eigenvalue weighted by molar-refractivity contribution is 7.87. The molecule has 15 heavy (non-hydrogen) atoms. The van der Waals surface area contributed by atoms with Crippen molar-refractivity contribution in [1.82, 2.24) is 9.61 Å². The lowest BCUT2D eigenvalue weighted by Crippen LogP contribution is -2.39. The van der Waals surface area contributed by atoms with Crippen molar-refractivity contribution in [3.8, 4) is 0 Å². The van der Waals surface area contributed by atoms with E-state index in [1.807, 2.05) is 4.72 Å². The maximum Gasteiger partial charge on any atom is 0.413 e. The van der Waals surface area contributed by atoms with Crippen LogP contribution in [0.2, 0.25) is 0 Å². The molecule has 0 saturated carbocycles. The second-order valence-electron chi connectivity index (χ2n) is 2.38. The molecule has 0 atom stereocenters. The summed E-state index contributed by atoms with van der Waals surface area (Å²) in [5.74, 6) is 0. The van der Waals surface area contributed by atoms with Crippen molar-refractivity contribution in [2.45, 2.75) is 6.18 Å². The maximum absolute atomic E-state index is 11.5. The largest absolute Gasteiger partial charge is 0.413 e. The third-order valence-electron chi connectivity index (χ3n) is 1.00. The first kappa shape index (κ1) is 14.6. The lowest BCUT2D eigenvalue weighted by molar-refractivity contribution is -0.181. The van der Waals surface area contributed by atoms with Crippen LogP contribution in [0.5, 0.6) is 0 Å². The summed E-state index contributed by atoms with van der Waals surface area (Å²) in [6, 6.07) is 0. The molecule has 0 aromatic rings. The zero-order valence-electron chi connectivity index (χ0n) is 7.80. The minimum absolute atomic E-state index is 0.0682. The van der Waals surface area contributed by atoms with E-state index in [0.717, 1.165) is 0 Å². The molecule has 0 amide bonds. The fraction of sp³-hybridized carbons (Fsp3) is 1.00. The Labute approximate surface area is 84.9 Å². The average Bonchev–Trinajstić information content (AvgIpc) is 2.01. The molecule has 0 aromatic carbocycles. The molecule has 0 heterocycles. The molecule has 0 bridgehead atoms. The zero-order chi connectivity index (χ0) is 11.9. The highest BCUT2D eigenvalue weighted by Crippen LogP contribution is 2.13. The first-order valence-electron chi connectivity index (χ1n) is 3.71. The van der Waals surface area contributed by atoms with Crippen molar-refractivity contribution in [2.24, 2.45) is 0 Å². The van der Waals surface area contributed by atoms with Gasteiger partial charge in [-0.05, 0) is 0 Å². The van der Waals surface area contributed by atoms with Crippen LogP contribution < -0.4 is 9.61 Å². The molecule has 92 valence electrons. The van der Waals surface area contributed by atoms with Gasteiger partial charge in [-0.2, -0.15) is 26.3 Å². The Morgan fingerprint density at radius 1 is 1.33 bits per heavy atom. The third-order valence-corrected chi connectivity index (χ3v) is 1.92. The fourth-order valence-electron chi connectivity index (χ4n) is 0.496. The molecule has 0 aromatic heterocycles. The Hall–Kier alpha value is -0.420. The number of alkyl halides is 3. The van der Waals surface area contributed by atoms with Gasteiger partial charge in [-0.1, -0.05) is 4.89 Å². The summed E-state index contributed by atoms with van der Waals surface area (Å²) in [6.07, 6.45) is -4.59. The van der Waals surface area contributed by atoms with Gasteiger partial charge in [-0.25, -0.2) is 0 Å². The van der Waals surface area contributed by atoms with Crippen LogP contribution in [0.1, 0.15) is 0 Å². The lowest BCUT2D eigenvalue weighted by atomic mass is 10.7. The zero-order valence-corrected chi connectivity index (χ0v) is 8.61. The van der Waals surface area contributed by atoms with Gasteiger partial charge in [0, 0.05) is 13.7 Å². The van der Waals surface area contributed by atoms with E-state index in [2.05, 4.69) is 9.57 Å². The Balaban J connectivity index is 3.75. The van der Waals surface area contributed by atoms with E-state index in [1.165, 1.54) is 12.0 Å². The van der Waals surface area contributed by atoms with E-state index >= 15 is 0 Å². The summed E-state index contributed by atoms with van der Waals surface area (Å²) < 4.78 is 62.7. The number of hydrogen-bond acceptors (Lipinski definition) is 4. The molecule has 0 radical (unpaired) electrons. The minimum Gasteiger partial charge on any atom is -0.383 e. The summed E-state index contributed by atoms with van der Waals surface area (Å²) in [6.45, 7) is -1.67. The van der Waals surface area contributed by atoms with Crippen molar-refractivity contribution in [3.63, 3.8) is 0 Å². The summed E-state index contributed by atoms with van der Waals surface area (Å²) >= 11 is 0. The van der Waals surface area contributed by atoms with Gasteiger partial charge in [0.1, 0.15) is 0 Å². The Bertz CT molecular complexity index is 266. The molecule has 0 fully saturated rings. The van der Waals surface area contributed by atoms with Gasteiger partial charge in [-0.3, -0.25) is 4.84 Å². The molecule has 0 aliphatic rings. The molecule has 0 spiro atoms. The van der Waals surface area contributed by atoms with Gasteiger partial charge in [0.15, 0.2) is 6.61 Å². The summed E-state index contributed by atoms with van der Waals surface area (Å²) in [7, 11) is -2.73. The van der Waals surface area contributed by atoms with E-state index < -0.39 is 23.0 Å². The number of rotatable bonds is 7. The molecule has 2 N–H and O–H groups in total. The molecule has 10 heteroatoms. The van der Waals surface area contributed by atoms with Crippen molar-refractivity contribution < 1.29 is 31.2 Å². The van der Waals surface area contributed by atoms with Crippen LogP contribution in [-0.4, -0.2) is 41.5 Å². The molecule has 0 aliphatic heterocycles. The SMILES string of the molecule is COCCNS(=O)(=O)NOCC(F)(F)F. The lowest BCUT2D eigenvalue weighted by Gasteiger charge is -2.09. The van der Waals surface area contributed by atoms with E-state index in [9.17, 15) is 21.6 Å². The van der Waals surface area contributed by atoms with Crippen LogP contribution in [0.4, 0.5) is 13.2 Å². The van der Waals surface area contributed by atoms with Gasteiger partial charge in [0.05, 0.1) is 6.61 Å². The van der Waals surface area contributed by atoms with E-state index in [0.29, 0.717) is 0 Å². The predicted octanol–water partition coefficient (Wildman–Crippen LogP) is -0.449. The van der Waals surface area contributed by atoms with Crippen molar-refractivity contribution in [2.75, 3.05) is 26.9 Å². The second kappa shape index (κ2) is 6.23. The van der Waals surface area contributed by atoms with Crippen molar-refractivity contribution >= 4 is 10.2 Å². The highest BCUT2D eigenvalue weighted by Gasteiger charge is 2.28. The molecule has 0 rings (SSSR count). The first-order valence-corrected chi connectivity index (χ1v) is 5.19. The van der Waals surface area contributed by atoms with Crippen LogP contribution in [-0.2, 0) is 19.8 Å². The quantitative estimate of drug-likeness (QED) is 0.475. The number of ether oxygens (including phenoxy) is 1. The molecular formula is C5H11F3N2O4S. The smallest absolute Gasteiger partial charge is 0.383 e. The standard InChI is InChI=1S/C5H11F3N2O4S/c1-13-3-2-9-15(11,12)10-14-4-5(6,7)8/h9-10H,2-4H2,1H3. The van der Waals surface area contributed by atoms with Crippen LogP contribution >= 0.6 is 0 Å². The van der Waals surface area contributed by atoms with Gasteiger partial charge in [0.25, 0.3) is 10.2 Å². The summed E-state index contributed by atoms with van der Waals surface area (Å²) in [5.41, 5.74) is 0. The monoisotopic (exact) mass is 252 g/mol. The van der Waals surface area contributed by atoms with Gasteiger partial charge < -0.3 is 4.74 Å². The van der Waals surface area contributed by atoms with Gasteiger partial charge >= 0.3 is 6.18 Å². The van der Waals surface area contributed by atoms with E-state index in [4.69, 9.17) is 0 Å². The molecule has 6 nitrogen and oxygen atoms in total. The van der Waals surface area contributed by atoms with Crippen LogP contribution in [0.25, 0.3) is 0 Å². The minimum atomic E-state index is -4.59. The van der Waals surface area contributed by atoms with Gasteiger partial charge in [-0.15, -0.1) is 0 Å². The predicted molar refractivity (Wildman–Crippen MR) is 43.9 cm³/mol. The molecular weight excluding hydrogens is 241 g/mol. The highest BCUT2D eigenvalue weighted by atomic mass is 32.2. The topological polar surface area (TPSA) is 76.7 Å². The van der Waals surface area contributed by atoms with Crippen molar-refractivity contribution in [1.29, 1.82) is 0 Å². The third kappa shape index (κ3) is 9.87. The van der Waals surface area contributed by atoms with E-state index in [-0.39, 0.29) is 13.2 Å². The molecule has 0 saturated heterocycles. The number of nitrogens with one attached hydrogen (secondary N) is 2. The van der Waals surface area contributed by atoms with Crippen LogP contribution in [0.15, 0.2) is 0 Å². The number of methoxy groups -OCH3 is 1. The molecule has 0 unspecified atom stereocenters. The fourth-order valence-corrected chi connectivity index (χ4v) is 1.12. The van der Waals surface area contributed by atoms with E-state index in [1.54, 1.807) is 0 Å². The molecule has 0 aliphatic carbocycles. The van der Waals surface area contributed by atoms with Crippen molar-refractivity contribution in [3.05, 3.63) is 0 Å². The normalized spacial score (nSPS) is 13.1.